The average molecular weight is 302 g/mol. The van der Waals surface area contributed by atoms with E-state index in [1.165, 1.54) is 12.8 Å². The second kappa shape index (κ2) is 7.26. The molecule has 6 heteroatoms. The summed E-state index contributed by atoms with van der Waals surface area (Å²) in [5, 5.41) is 7.13. The van der Waals surface area contributed by atoms with Crippen molar-refractivity contribution in [2.75, 3.05) is 19.6 Å². The second-order valence-corrected chi connectivity index (χ2v) is 5.60. The van der Waals surface area contributed by atoms with Crippen LogP contribution >= 0.6 is 0 Å². The van der Waals surface area contributed by atoms with Gasteiger partial charge in [-0.15, -0.1) is 0 Å². The molecule has 6 nitrogen and oxygen atoms in total. The van der Waals surface area contributed by atoms with Crippen LogP contribution < -0.4 is 5.32 Å². The first kappa shape index (κ1) is 14.8. The van der Waals surface area contributed by atoms with Crippen molar-refractivity contribution in [2.24, 2.45) is 0 Å². The van der Waals surface area contributed by atoms with Gasteiger partial charge in [-0.05, 0) is 44.1 Å². The fraction of sp³-hybridized carbons (Fsp3) is 0.500. The van der Waals surface area contributed by atoms with E-state index >= 15 is 0 Å². The summed E-state index contributed by atoms with van der Waals surface area (Å²) in [4.78, 5) is 14.4. The van der Waals surface area contributed by atoms with E-state index in [2.05, 4.69) is 15.3 Å². The Balaban J connectivity index is 1.51. The molecule has 1 N–H and O–H groups in total. The number of nitrogens with one attached hydrogen (secondary N) is 1. The van der Waals surface area contributed by atoms with Crippen LogP contribution in [-0.4, -0.2) is 40.2 Å². The van der Waals surface area contributed by atoms with E-state index in [1.807, 2.05) is 24.4 Å². The Bertz CT molecular complexity index is 559. The summed E-state index contributed by atoms with van der Waals surface area (Å²) in [7, 11) is 0. The van der Waals surface area contributed by atoms with Gasteiger partial charge in [0, 0.05) is 31.9 Å². The summed E-state index contributed by atoms with van der Waals surface area (Å²) in [5.41, 5.74) is 0. The van der Waals surface area contributed by atoms with Crippen molar-refractivity contribution in [1.29, 1.82) is 0 Å². The van der Waals surface area contributed by atoms with Crippen LogP contribution in [0.3, 0.4) is 0 Å². The lowest BCUT2D eigenvalue weighted by atomic mass is 10.2. The molecule has 1 unspecified atom stereocenters. The predicted molar refractivity (Wildman–Crippen MR) is 82.1 cm³/mol. The molecule has 0 aromatic carbocycles. The van der Waals surface area contributed by atoms with E-state index in [1.54, 1.807) is 17.1 Å². The number of aryl methyl sites for hydroxylation is 1. The normalized spacial score (nSPS) is 16.7. The van der Waals surface area contributed by atoms with Crippen molar-refractivity contribution in [3.8, 4) is 0 Å². The van der Waals surface area contributed by atoms with Crippen LogP contribution in [0.2, 0.25) is 0 Å². The van der Waals surface area contributed by atoms with E-state index < -0.39 is 0 Å². The number of hydrogen-bond acceptors (Lipinski definition) is 4. The fourth-order valence-electron chi connectivity index (χ4n) is 2.89. The van der Waals surface area contributed by atoms with Crippen molar-refractivity contribution < 1.29 is 9.21 Å². The number of carbonyl (C=O) groups excluding carboxylic acids is 1. The van der Waals surface area contributed by atoms with Gasteiger partial charge >= 0.3 is 0 Å². The largest absolute Gasteiger partial charge is 0.468 e. The lowest BCUT2D eigenvalue weighted by Crippen LogP contribution is -2.36. The minimum Gasteiger partial charge on any atom is -0.468 e. The molecule has 1 amide bonds. The van der Waals surface area contributed by atoms with E-state index in [4.69, 9.17) is 4.42 Å². The van der Waals surface area contributed by atoms with E-state index in [0.717, 1.165) is 18.8 Å². The van der Waals surface area contributed by atoms with Gasteiger partial charge in [0.1, 0.15) is 5.76 Å². The molecule has 118 valence electrons. The van der Waals surface area contributed by atoms with E-state index in [0.29, 0.717) is 19.5 Å². The highest BCUT2D eigenvalue weighted by atomic mass is 16.3. The zero-order valence-electron chi connectivity index (χ0n) is 12.6. The monoisotopic (exact) mass is 302 g/mol. The molecule has 2 aromatic heterocycles. The molecule has 1 saturated heterocycles. The number of rotatable bonds is 7. The predicted octanol–water partition coefficient (Wildman–Crippen LogP) is 1.82. The SMILES string of the molecule is O=C(CCn1cccn1)NCC(c1ccco1)N1CCCC1. The minimum atomic E-state index is 0.0475. The van der Waals surface area contributed by atoms with Crippen LogP contribution in [-0.2, 0) is 11.3 Å². The van der Waals surface area contributed by atoms with Gasteiger partial charge in [-0.2, -0.15) is 5.10 Å². The number of likely N-dealkylation sites (tertiary alicyclic amines) is 1. The molecule has 0 saturated carbocycles. The van der Waals surface area contributed by atoms with E-state index in [9.17, 15) is 4.79 Å². The second-order valence-electron chi connectivity index (χ2n) is 5.60. The smallest absolute Gasteiger partial charge is 0.221 e. The van der Waals surface area contributed by atoms with Gasteiger partial charge in [0.2, 0.25) is 5.91 Å². The molecule has 3 heterocycles. The highest BCUT2D eigenvalue weighted by Gasteiger charge is 2.25. The van der Waals surface area contributed by atoms with Crippen LogP contribution in [0.1, 0.15) is 31.1 Å². The van der Waals surface area contributed by atoms with Crippen LogP contribution in [0.4, 0.5) is 0 Å². The molecule has 0 bridgehead atoms. The highest BCUT2D eigenvalue weighted by Crippen LogP contribution is 2.24. The zero-order chi connectivity index (χ0) is 15.2. The molecular formula is C16H22N4O2. The van der Waals surface area contributed by atoms with Crippen LogP contribution in [0.25, 0.3) is 0 Å². The lowest BCUT2D eigenvalue weighted by molar-refractivity contribution is -0.121. The fourth-order valence-corrected chi connectivity index (χ4v) is 2.89. The van der Waals surface area contributed by atoms with Crippen LogP contribution in [0.15, 0.2) is 41.3 Å². The Labute approximate surface area is 130 Å². The first-order valence-electron chi connectivity index (χ1n) is 7.84. The maximum Gasteiger partial charge on any atom is 0.221 e. The van der Waals surface area contributed by atoms with Gasteiger partial charge in [-0.3, -0.25) is 14.4 Å². The maximum absolute atomic E-state index is 12.0. The number of amides is 1. The van der Waals surface area contributed by atoms with Gasteiger partial charge in [-0.1, -0.05) is 0 Å². The average Bonchev–Trinajstić information content (AvgIpc) is 3.27. The highest BCUT2D eigenvalue weighted by molar-refractivity contribution is 5.75. The van der Waals surface area contributed by atoms with Gasteiger partial charge in [0.25, 0.3) is 0 Å². The molecule has 3 rings (SSSR count). The summed E-state index contributed by atoms with van der Waals surface area (Å²) in [5.74, 6) is 0.973. The maximum atomic E-state index is 12.0. The molecule has 0 radical (unpaired) electrons. The van der Waals surface area contributed by atoms with Crippen molar-refractivity contribution in [3.63, 3.8) is 0 Å². The van der Waals surface area contributed by atoms with Crippen molar-refractivity contribution in [1.82, 2.24) is 20.0 Å². The first-order valence-corrected chi connectivity index (χ1v) is 7.84. The molecule has 2 aromatic rings. The standard InChI is InChI=1S/C16H22N4O2/c21-16(6-11-20-10-4-7-18-20)17-13-14(15-5-3-12-22-15)19-8-1-2-9-19/h3-5,7,10,12,14H,1-2,6,8-9,11,13H2,(H,17,21). The third-order valence-corrected chi connectivity index (χ3v) is 4.07. The number of aromatic nitrogens is 2. The number of nitrogens with zero attached hydrogens (tertiary/aromatic N) is 3. The van der Waals surface area contributed by atoms with Crippen LogP contribution in [0, 0.1) is 0 Å². The van der Waals surface area contributed by atoms with Gasteiger partial charge in [0.15, 0.2) is 0 Å². The third-order valence-electron chi connectivity index (χ3n) is 4.07. The number of carbonyl (C=O) groups is 1. The molecule has 22 heavy (non-hydrogen) atoms. The third kappa shape index (κ3) is 3.76. The number of furan rings is 1. The van der Waals surface area contributed by atoms with Gasteiger partial charge in [0.05, 0.1) is 12.3 Å². The molecule has 1 atom stereocenters. The summed E-state index contributed by atoms with van der Waals surface area (Å²) in [6.07, 6.45) is 8.14. The first-order chi connectivity index (χ1) is 10.8. The Morgan fingerprint density at radius 2 is 2.23 bits per heavy atom. The summed E-state index contributed by atoms with van der Waals surface area (Å²) in [6.45, 7) is 3.32. The summed E-state index contributed by atoms with van der Waals surface area (Å²) < 4.78 is 7.32. The van der Waals surface area contributed by atoms with Crippen LogP contribution in [0.5, 0.6) is 0 Å². The molecule has 0 aliphatic carbocycles. The Kier molecular flexibility index (Phi) is 4.90. The molecular weight excluding hydrogens is 280 g/mol. The zero-order valence-corrected chi connectivity index (χ0v) is 12.6. The molecule has 1 aliphatic heterocycles. The Morgan fingerprint density at radius 3 is 2.91 bits per heavy atom. The lowest BCUT2D eigenvalue weighted by Gasteiger charge is -2.26. The summed E-state index contributed by atoms with van der Waals surface area (Å²) >= 11 is 0. The minimum absolute atomic E-state index is 0.0475. The van der Waals surface area contributed by atoms with Gasteiger partial charge < -0.3 is 9.73 Å². The topological polar surface area (TPSA) is 63.3 Å². The van der Waals surface area contributed by atoms with Crippen molar-refractivity contribution in [2.45, 2.75) is 31.8 Å². The molecule has 1 fully saturated rings. The summed E-state index contributed by atoms with van der Waals surface area (Å²) in [6, 6.07) is 5.88. The van der Waals surface area contributed by atoms with Crippen molar-refractivity contribution in [3.05, 3.63) is 42.6 Å². The Morgan fingerprint density at radius 1 is 1.36 bits per heavy atom. The van der Waals surface area contributed by atoms with E-state index in [-0.39, 0.29) is 11.9 Å². The Hall–Kier alpha value is -2.08. The van der Waals surface area contributed by atoms with Gasteiger partial charge in [-0.25, -0.2) is 0 Å². The quantitative estimate of drug-likeness (QED) is 0.847. The molecule has 0 spiro atoms. The molecule has 1 aliphatic rings. The van der Waals surface area contributed by atoms with Crippen molar-refractivity contribution >= 4 is 5.91 Å². The number of hydrogen-bond donors (Lipinski definition) is 1.